The van der Waals surface area contributed by atoms with Gasteiger partial charge in [-0.2, -0.15) is 0 Å². The summed E-state index contributed by atoms with van der Waals surface area (Å²) in [6, 6.07) is 2.34. The molecule has 0 bridgehead atoms. The van der Waals surface area contributed by atoms with Crippen molar-refractivity contribution in [2.24, 2.45) is 0 Å². The first-order valence-corrected chi connectivity index (χ1v) is 6.61. The van der Waals surface area contributed by atoms with Gasteiger partial charge in [-0.1, -0.05) is 0 Å². The molecule has 0 saturated carbocycles. The smallest absolute Gasteiger partial charge is 0.287 e. The van der Waals surface area contributed by atoms with Gasteiger partial charge in [0.25, 0.3) is 5.69 Å². The van der Waals surface area contributed by atoms with Crippen LogP contribution in [0.15, 0.2) is 23.4 Å². The number of nitrogens with one attached hydrogen (secondary N) is 1. The summed E-state index contributed by atoms with van der Waals surface area (Å²) in [5, 5.41) is 12.8. The largest absolute Gasteiger partial charge is 0.315 e. The molecule has 1 atom stereocenters. The molecule has 17 heavy (non-hydrogen) atoms. The van der Waals surface area contributed by atoms with Crippen molar-refractivity contribution >= 4 is 15.5 Å². The lowest BCUT2D eigenvalue weighted by molar-refractivity contribution is -0.385. The van der Waals surface area contributed by atoms with Crippen molar-refractivity contribution in [2.75, 3.05) is 13.1 Å². The highest BCUT2D eigenvalue weighted by molar-refractivity contribution is 7.92. The van der Waals surface area contributed by atoms with Gasteiger partial charge in [0.05, 0.1) is 10.2 Å². The fourth-order valence-corrected chi connectivity index (χ4v) is 3.28. The first-order valence-electron chi connectivity index (χ1n) is 5.07. The average Bonchev–Trinajstić information content (AvgIpc) is 2.83. The van der Waals surface area contributed by atoms with E-state index in [-0.39, 0.29) is 10.7 Å². The van der Waals surface area contributed by atoms with E-state index in [0.717, 1.165) is 12.3 Å². The number of hydrogen-bond donors (Lipinski definition) is 1. The zero-order chi connectivity index (χ0) is 12.5. The topological polar surface area (TPSA) is 102 Å². The molecule has 1 saturated heterocycles. The van der Waals surface area contributed by atoms with Gasteiger partial charge in [-0.3, -0.25) is 10.1 Å². The highest BCUT2D eigenvalue weighted by atomic mass is 32.2. The Kier molecular flexibility index (Phi) is 3.07. The molecule has 1 aliphatic heterocycles. The van der Waals surface area contributed by atoms with Crippen molar-refractivity contribution in [1.29, 1.82) is 0 Å². The van der Waals surface area contributed by atoms with Crippen LogP contribution in [0.3, 0.4) is 0 Å². The summed E-state index contributed by atoms with van der Waals surface area (Å²) in [6.07, 6.45) is 1.51. The molecule has 0 spiro atoms. The molecule has 0 amide bonds. The van der Waals surface area contributed by atoms with E-state index in [9.17, 15) is 18.5 Å². The number of hydrogen-bond acceptors (Lipinski definition) is 6. The van der Waals surface area contributed by atoms with Crippen molar-refractivity contribution in [3.05, 3.63) is 28.4 Å². The Morgan fingerprint density at radius 2 is 2.24 bits per heavy atom. The summed E-state index contributed by atoms with van der Waals surface area (Å²) in [4.78, 5) is 13.5. The summed E-state index contributed by atoms with van der Waals surface area (Å²) in [5.74, 6) is 0. The van der Waals surface area contributed by atoms with Gasteiger partial charge in [-0.25, -0.2) is 13.4 Å². The minimum atomic E-state index is -3.48. The molecule has 0 unspecified atom stereocenters. The summed E-state index contributed by atoms with van der Waals surface area (Å²) in [5.41, 5.74) is -0.214. The molecule has 1 N–H and O–H groups in total. The molecule has 7 nitrogen and oxygen atoms in total. The summed E-state index contributed by atoms with van der Waals surface area (Å²) in [6.45, 7) is 1.07. The first kappa shape index (κ1) is 11.9. The van der Waals surface area contributed by atoms with Crippen molar-refractivity contribution in [2.45, 2.75) is 16.7 Å². The van der Waals surface area contributed by atoms with Crippen molar-refractivity contribution in [3.8, 4) is 0 Å². The number of rotatable bonds is 3. The fraction of sp³-hybridized carbons (Fsp3) is 0.444. The van der Waals surface area contributed by atoms with Crippen LogP contribution in [0.4, 0.5) is 5.69 Å². The van der Waals surface area contributed by atoms with Gasteiger partial charge >= 0.3 is 0 Å². The predicted octanol–water partition coefficient (Wildman–Crippen LogP) is 0.125. The van der Waals surface area contributed by atoms with E-state index in [0.29, 0.717) is 19.5 Å². The molecule has 92 valence electrons. The van der Waals surface area contributed by atoms with Crippen LogP contribution in [0, 0.1) is 10.1 Å². The third-order valence-electron chi connectivity index (χ3n) is 2.68. The van der Waals surface area contributed by atoms with Crippen molar-refractivity contribution in [1.82, 2.24) is 10.3 Å². The van der Waals surface area contributed by atoms with Gasteiger partial charge in [0, 0.05) is 12.6 Å². The third-order valence-corrected chi connectivity index (χ3v) is 4.78. The van der Waals surface area contributed by atoms with Crippen LogP contribution in [0.2, 0.25) is 0 Å². The van der Waals surface area contributed by atoms with E-state index in [2.05, 4.69) is 10.3 Å². The fourth-order valence-electron chi connectivity index (χ4n) is 1.71. The maximum absolute atomic E-state index is 12.0. The standard InChI is InChI=1S/C9H11N3O4S/c13-12(14)7-1-2-9(11-5-7)17(15,16)8-3-4-10-6-8/h1-2,5,8,10H,3-4,6H2/t8-/m0/s1. The quantitative estimate of drug-likeness (QED) is 0.609. The highest BCUT2D eigenvalue weighted by Crippen LogP contribution is 2.20. The lowest BCUT2D eigenvalue weighted by Crippen LogP contribution is -2.24. The normalized spacial score (nSPS) is 20.4. The van der Waals surface area contributed by atoms with Crippen LogP contribution in [0.1, 0.15) is 6.42 Å². The van der Waals surface area contributed by atoms with Gasteiger partial charge in [-0.15, -0.1) is 0 Å². The SMILES string of the molecule is O=[N+]([O-])c1ccc(S(=O)(=O)[C@H]2CCNC2)nc1. The van der Waals surface area contributed by atoms with Crippen LogP contribution >= 0.6 is 0 Å². The minimum Gasteiger partial charge on any atom is -0.315 e. The van der Waals surface area contributed by atoms with Gasteiger partial charge in [0.2, 0.25) is 0 Å². The Bertz CT molecular complexity index is 520. The van der Waals surface area contributed by atoms with Gasteiger partial charge in [-0.05, 0) is 19.0 Å². The number of sulfone groups is 1. The number of aromatic nitrogens is 1. The third kappa shape index (κ3) is 2.27. The molecular formula is C9H11N3O4S. The minimum absolute atomic E-state index is 0.100. The molecule has 1 aromatic rings. The second-order valence-electron chi connectivity index (χ2n) is 3.77. The second-order valence-corrected chi connectivity index (χ2v) is 5.95. The predicted molar refractivity (Wildman–Crippen MR) is 59.4 cm³/mol. The van der Waals surface area contributed by atoms with Crippen LogP contribution < -0.4 is 5.32 Å². The molecule has 2 rings (SSSR count). The maximum Gasteiger partial charge on any atom is 0.287 e. The molecule has 0 radical (unpaired) electrons. The van der Waals surface area contributed by atoms with E-state index < -0.39 is 20.0 Å². The Labute approximate surface area is 97.9 Å². The number of nitro groups is 1. The summed E-state index contributed by atoms with van der Waals surface area (Å²) < 4.78 is 24.1. The molecule has 0 aromatic carbocycles. The summed E-state index contributed by atoms with van der Waals surface area (Å²) >= 11 is 0. The maximum atomic E-state index is 12.0. The van der Waals surface area contributed by atoms with Crippen molar-refractivity contribution < 1.29 is 13.3 Å². The van der Waals surface area contributed by atoms with E-state index in [1.807, 2.05) is 0 Å². The Morgan fingerprint density at radius 3 is 2.71 bits per heavy atom. The van der Waals surface area contributed by atoms with Crippen LogP contribution in [-0.2, 0) is 9.84 Å². The monoisotopic (exact) mass is 257 g/mol. The van der Waals surface area contributed by atoms with Gasteiger partial charge < -0.3 is 5.32 Å². The lowest BCUT2D eigenvalue weighted by atomic mass is 10.4. The highest BCUT2D eigenvalue weighted by Gasteiger charge is 2.31. The molecule has 8 heteroatoms. The van der Waals surface area contributed by atoms with E-state index in [4.69, 9.17) is 0 Å². The van der Waals surface area contributed by atoms with Crippen LogP contribution in [-0.4, -0.2) is 36.7 Å². The molecule has 0 aliphatic carbocycles. The van der Waals surface area contributed by atoms with Crippen LogP contribution in [0.25, 0.3) is 0 Å². The molecule has 1 aliphatic rings. The summed E-state index contributed by atoms with van der Waals surface area (Å²) in [7, 11) is -3.48. The molecule has 2 heterocycles. The average molecular weight is 257 g/mol. The number of pyridine rings is 1. The second kappa shape index (κ2) is 4.38. The molecular weight excluding hydrogens is 246 g/mol. The molecule has 1 aromatic heterocycles. The first-order chi connectivity index (χ1) is 8.01. The lowest BCUT2D eigenvalue weighted by Gasteiger charge is -2.08. The molecule has 1 fully saturated rings. The zero-order valence-corrected chi connectivity index (χ0v) is 9.68. The van der Waals surface area contributed by atoms with E-state index in [1.54, 1.807) is 0 Å². The Morgan fingerprint density at radius 1 is 1.47 bits per heavy atom. The van der Waals surface area contributed by atoms with E-state index in [1.165, 1.54) is 6.07 Å². The van der Waals surface area contributed by atoms with Crippen molar-refractivity contribution in [3.63, 3.8) is 0 Å². The Balaban J connectivity index is 2.30. The van der Waals surface area contributed by atoms with Gasteiger partial charge in [0.15, 0.2) is 14.9 Å². The van der Waals surface area contributed by atoms with E-state index >= 15 is 0 Å². The Hall–Kier alpha value is -1.54. The zero-order valence-electron chi connectivity index (χ0n) is 8.87. The van der Waals surface area contributed by atoms with Gasteiger partial charge in [0.1, 0.15) is 6.20 Å². The number of nitrogens with zero attached hydrogens (tertiary/aromatic N) is 2. The van der Waals surface area contributed by atoms with Crippen LogP contribution in [0.5, 0.6) is 0 Å².